The summed E-state index contributed by atoms with van der Waals surface area (Å²) in [6.45, 7) is 0. The third-order valence-electron chi connectivity index (χ3n) is 10.8. The molecule has 0 aliphatic heterocycles. The van der Waals surface area contributed by atoms with E-state index in [1.165, 1.54) is 16.2 Å². The molecule has 9 aromatic carbocycles. The molecule has 0 amide bonds. The molecule has 0 atom stereocenters. The second-order valence-corrected chi connectivity index (χ2v) is 14.3. The quantitative estimate of drug-likeness (QED) is 0.160. The van der Waals surface area contributed by atoms with Gasteiger partial charge in [0.05, 0.1) is 11.2 Å². The average Bonchev–Trinajstić information content (AvgIpc) is 3.70. The fourth-order valence-electron chi connectivity index (χ4n) is 8.15. The molecule has 0 aliphatic rings. The van der Waals surface area contributed by atoms with Gasteiger partial charge >= 0.3 is 0 Å². The molecule has 0 saturated heterocycles. The van der Waals surface area contributed by atoms with Gasteiger partial charge in [-0.15, -0.1) is 0 Å². The largest absolute Gasteiger partial charge is 0.232 e. The van der Waals surface area contributed by atoms with Crippen molar-refractivity contribution in [2.75, 3.05) is 0 Å². The summed E-state index contributed by atoms with van der Waals surface area (Å²) in [7, 11) is 0. The van der Waals surface area contributed by atoms with Crippen LogP contribution < -0.4 is 0 Å². The van der Waals surface area contributed by atoms with Crippen LogP contribution in [0.2, 0.25) is 0 Å². The highest BCUT2D eigenvalue weighted by atomic mass is 15.3. The Morgan fingerprint density at radius 3 is 1.49 bits per heavy atom. The predicted octanol–water partition coefficient (Wildman–Crippen LogP) is 13.0. The Balaban J connectivity index is 1.11. The van der Waals surface area contributed by atoms with Gasteiger partial charge in [-0.1, -0.05) is 176 Å². The summed E-state index contributed by atoms with van der Waals surface area (Å²) in [5, 5.41) is 13.4. The fourth-order valence-corrected chi connectivity index (χ4v) is 8.15. The fraction of sp³-hybridized carbons (Fsp3) is 0. The maximum absolute atomic E-state index is 5.41. The molecular formula is C52H33N5. The number of benzene rings is 9. The lowest BCUT2D eigenvalue weighted by molar-refractivity contribution is 0.918. The Hall–Kier alpha value is -7.76. The van der Waals surface area contributed by atoms with Crippen LogP contribution in [0.1, 0.15) is 0 Å². The Labute approximate surface area is 329 Å². The lowest BCUT2D eigenvalue weighted by atomic mass is 9.93. The molecule has 0 saturated carbocycles. The maximum Gasteiger partial charge on any atom is 0.164 e. The number of hydrogen-bond donors (Lipinski definition) is 0. The molecule has 5 heteroatoms. The summed E-state index contributed by atoms with van der Waals surface area (Å²) in [6, 6.07) is 69.8. The molecule has 0 fully saturated rings. The minimum Gasteiger partial charge on any atom is -0.232 e. The molecule has 2 aromatic heterocycles. The van der Waals surface area contributed by atoms with Gasteiger partial charge in [0.25, 0.3) is 0 Å². The van der Waals surface area contributed by atoms with Gasteiger partial charge in [-0.05, 0) is 62.3 Å². The molecule has 2 heterocycles. The highest BCUT2D eigenvalue weighted by molar-refractivity contribution is 6.17. The number of rotatable bonds is 6. The third-order valence-corrected chi connectivity index (χ3v) is 10.8. The summed E-state index contributed by atoms with van der Waals surface area (Å²) in [4.78, 5) is 15.4. The van der Waals surface area contributed by atoms with Crippen molar-refractivity contribution in [1.82, 2.24) is 24.7 Å². The Morgan fingerprint density at radius 1 is 0.333 bits per heavy atom. The van der Waals surface area contributed by atoms with E-state index in [1.807, 2.05) is 36.4 Å². The minimum absolute atomic E-state index is 0.610. The van der Waals surface area contributed by atoms with Crippen molar-refractivity contribution in [3.8, 4) is 62.2 Å². The van der Waals surface area contributed by atoms with Crippen LogP contribution in [0.4, 0.5) is 0 Å². The van der Waals surface area contributed by atoms with E-state index in [1.54, 1.807) is 0 Å². The average molecular weight is 728 g/mol. The Kier molecular flexibility index (Phi) is 7.74. The van der Waals surface area contributed by atoms with Crippen LogP contribution in [0.15, 0.2) is 200 Å². The number of para-hydroxylation sites is 1. The number of aromatic nitrogens is 5. The molecule has 0 spiro atoms. The van der Waals surface area contributed by atoms with Gasteiger partial charge in [0.2, 0.25) is 0 Å². The first-order valence-corrected chi connectivity index (χ1v) is 19.2. The van der Waals surface area contributed by atoms with Crippen molar-refractivity contribution in [1.29, 1.82) is 0 Å². The lowest BCUT2D eigenvalue weighted by Crippen LogP contribution is -2.01. The summed E-state index contributed by atoms with van der Waals surface area (Å²) in [6.07, 6.45) is 0. The number of fused-ring (bicyclic) bond motifs is 6. The zero-order valence-corrected chi connectivity index (χ0v) is 30.8. The van der Waals surface area contributed by atoms with Crippen LogP contribution in [0.25, 0.3) is 105 Å². The normalized spacial score (nSPS) is 11.5. The highest BCUT2D eigenvalue weighted by Gasteiger charge is 2.22. The molecule has 266 valence electrons. The molecule has 0 radical (unpaired) electrons. The van der Waals surface area contributed by atoms with Crippen molar-refractivity contribution in [3.05, 3.63) is 200 Å². The number of hydrogen-bond acceptors (Lipinski definition) is 4. The standard InChI is InChI=1S/C52H33N5/c1-4-16-34(17-5-1)45-32-39-21-11-13-25-42(39)49-47(45)48(56-57(49)40-22-8-3-9-23-40)35-28-30-37(31-29-35)51-53-50(36-18-6-2-7-19-36)54-52(55-51)46-33-38-20-10-12-24-41(38)43-26-14-15-27-44(43)46/h1-33H. The van der Waals surface area contributed by atoms with Crippen LogP contribution in [-0.4, -0.2) is 24.7 Å². The first-order valence-electron chi connectivity index (χ1n) is 19.2. The smallest absolute Gasteiger partial charge is 0.164 e. The lowest BCUT2D eigenvalue weighted by Gasteiger charge is -2.12. The summed E-state index contributed by atoms with van der Waals surface area (Å²) < 4.78 is 2.10. The molecule has 0 aliphatic carbocycles. The van der Waals surface area contributed by atoms with Gasteiger partial charge in [-0.2, -0.15) is 5.10 Å². The van der Waals surface area contributed by atoms with Gasteiger partial charge in [0.1, 0.15) is 5.69 Å². The Bertz CT molecular complexity index is 3270. The van der Waals surface area contributed by atoms with E-state index in [4.69, 9.17) is 20.1 Å². The Morgan fingerprint density at radius 2 is 0.807 bits per heavy atom. The van der Waals surface area contributed by atoms with E-state index in [-0.39, 0.29) is 0 Å². The zero-order chi connectivity index (χ0) is 37.7. The van der Waals surface area contributed by atoms with E-state index in [9.17, 15) is 0 Å². The first kappa shape index (κ1) is 32.7. The van der Waals surface area contributed by atoms with Gasteiger partial charge in [-0.25, -0.2) is 19.6 Å². The van der Waals surface area contributed by atoms with Crippen molar-refractivity contribution >= 4 is 43.2 Å². The van der Waals surface area contributed by atoms with Crippen LogP contribution >= 0.6 is 0 Å². The van der Waals surface area contributed by atoms with Gasteiger partial charge in [0, 0.05) is 33.0 Å². The van der Waals surface area contributed by atoms with Crippen molar-refractivity contribution in [2.24, 2.45) is 0 Å². The first-order chi connectivity index (χ1) is 28.3. The van der Waals surface area contributed by atoms with Crippen LogP contribution in [-0.2, 0) is 0 Å². The summed E-state index contributed by atoms with van der Waals surface area (Å²) in [5.41, 5.74) is 9.09. The molecule has 11 rings (SSSR count). The molecular weight excluding hydrogens is 695 g/mol. The second kappa shape index (κ2) is 13.5. The van der Waals surface area contributed by atoms with E-state index >= 15 is 0 Å². The van der Waals surface area contributed by atoms with E-state index < -0.39 is 0 Å². The van der Waals surface area contributed by atoms with E-state index in [0.29, 0.717) is 17.5 Å². The molecule has 0 unspecified atom stereocenters. The molecule has 57 heavy (non-hydrogen) atoms. The molecule has 5 nitrogen and oxygen atoms in total. The molecule has 0 bridgehead atoms. The summed E-state index contributed by atoms with van der Waals surface area (Å²) >= 11 is 0. The third kappa shape index (κ3) is 5.64. The van der Waals surface area contributed by atoms with Crippen molar-refractivity contribution in [2.45, 2.75) is 0 Å². The number of nitrogens with zero attached hydrogens (tertiary/aromatic N) is 5. The highest BCUT2D eigenvalue weighted by Crippen LogP contribution is 2.42. The van der Waals surface area contributed by atoms with Gasteiger partial charge < -0.3 is 0 Å². The predicted molar refractivity (Wildman–Crippen MR) is 234 cm³/mol. The minimum atomic E-state index is 0.610. The van der Waals surface area contributed by atoms with Gasteiger partial charge in [-0.3, -0.25) is 0 Å². The van der Waals surface area contributed by atoms with Gasteiger partial charge in [0.15, 0.2) is 17.5 Å². The topological polar surface area (TPSA) is 56.5 Å². The van der Waals surface area contributed by atoms with E-state index in [0.717, 1.165) is 71.8 Å². The molecule has 11 aromatic rings. The van der Waals surface area contributed by atoms with Crippen molar-refractivity contribution in [3.63, 3.8) is 0 Å². The monoisotopic (exact) mass is 727 g/mol. The van der Waals surface area contributed by atoms with Crippen LogP contribution in [0.5, 0.6) is 0 Å². The second-order valence-electron chi connectivity index (χ2n) is 14.3. The summed E-state index contributed by atoms with van der Waals surface area (Å²) in [5.74, 6) is 1.87. The SMILES string of the molecule is c1ccc(-c2nc(-c3ccc(-c4nn(-c5ccccc5)c5c4c(-c4ccccc4)cc4ccccc45)cc3)nc(-c3cc4ccccc4c4ccccc34)n2)cc1. The van der Waals surface area contributed by atoms with E-state index in [2.05, 4.69) is 168 Å². The zero-order valence-electron chi connectivity index (χ0n) is 30.8. The van der Waals surface area contributed by atoms with Crippen molar-refractivity contribution < 1.29 is 0 Å². The molecule has 0 N–H and O–H groups in total. The van der Waals surface area contributed by atoms with Crippen LogP contribution in [0.3, 0.4) is 0 Å². The maximum atomic E-state index is 5.41. The van der Waals surface area contributed by atoms with Crippen LogP contribution in [0, 0.1) is 0 Å².